The van der Waals surface area contributed by atoms with E-state index in [0.717, 1.165) is 26.1 Å². The summed E-state index contributed by atoms with van der Waals surface area (Å²) >= 11 is 2.35. The van der Waals surface area contributed by atoms with Crippen molar-refractivity contribution in [2.24, 2.45) is 5.41 Å². The van der Waals surface area contributed by atoms with Crippen LogP contribution in [0.1, 0.15) is 25.8 Å². The van der Waals surface area contributed by atoms with E-state index in [2.05, 4.69) is 66.0 Å². The minimum absolute atomic E-state index is 0.320. The summed E-state index contributed by atoms with van der Waals surface area (Å²) in [6.07, 6.45) is 2.30. The third kappa shape index (κ3) is 5.67. The van der Waals surface area contributed by atoms with Gasteiger partial charge in [0.05, 0.1) is 6.61 Å². The molecule has 0 saturated heterocycles. The van der Waals surface area contributed by atoms with Crippen molar-refractivity contribution in [1.82, 2.24) is 5.32 Å². The van der Waals surface area contributed by atoms with Crippen LogP contribution < -0.4 is 5.32 Å². The van der Waals surface area contributed by atoms with Crippen molar-refractivity contribution in [1.29, 1.82) is 0 Å². The van der Waals surface area contributed by atoms with Crippen LogP contribution in [0.4, 0.5) is 0 Å². The van der Waals surface area contributed by atoms with Crippen LogP contribution in [-0.4, -0.2) is 26.8 Å². The molecule has 0 fully saturated rings. The summed E-state index contributed by atoms with van der Waals surface area (Å²) in [6, 6.07) is 8.85. The second kappa shape index (κ2) is 8.12. The molecule has 0 bridgehead atoms. The summed E-state index contributed by atoms with van der Waals surface area (Å²) in [4.78, 5) is 0. The summed E-state index contributed by atoms with van der Waals surface area (Å²) in [6.45, 7) is 7.37. The van der Waals surface area contributed by atoms with E-state index < -0.39 is 0 Å². The number of rotatable bonds is 8. The van der Waals surface area contributed by atoms with Gasteiger partial charge in [0.2, 0.25) is 0 Å². The van der Waals surface area contributed by atoms with Crippen molar-refractivity contribution in [3.8, 4) is 0 Å². The van der Waals surface area contributed by atoms with Crippen molar-refractivity contribution in [2.45, 2.75) is 26.7 Å². The summed E-state index contributed by atoms with van der Waals surface area (Å²) in [5, 5.41) is 3.48. The third-order valence-corrected chi connectivity index (χ3v) is 4.15. The molecule has 0 spiro atoms. The van der Waals surface area contributed by atoms with Gasteiger partial charge in [-0.15, -0.1) is 0 Å². The minimum atomic E-state index is 0.320. The standard InChI is InChI=1S/C15H24INO/c1-4-15(2,12-17-9-10-18-3)11-13-5-7-14(16)8-6-13/h5-8,17H,4,9-12H2,1-3H3. The van der Waals surface area contributed by atoms with Crippen LogP contribution >= 0.6 is 22.6 Å². The van der Waals surface area contributed by atoms with Gasteiger partial charge in [0.15, 0.2) is 0 Å². The van der Waals surface area contributed by atoms with Gasteiger partial charge in [-0.3, -0.25) is 0 Å². The van der Waals surface area contributed by atoms with Gasteiger partial charge >= 0.3 is 0 Å². The Morgan fingerprint density at radius 1 is 1.28 bits per heavy atom. The van der Waals surface area contributed by atoms with Crippen LogP contribution in [0.5, 0.6) is 0 Å². The summed E-state index contributed by atoms with van der Waals surface area (Å²) in [7, 11) is 1.74. The van der Waals surface area contributed by atoms with Gasteiger partial charge in [-0.1, -0.05) is 26.0 Å². The largest absolute Gasteiger partial charge is 0.383 e. The fourth-order valence-corrected chi connectivity index (χ4v) is 2.33. The number of nitrogens with one attached hydrogen (secondary N) is 1. The second-order valence-electron chi connectivity index (χ2n) is 5.14. The number of hydrogen-bond donors (Lipinski definition) is 1. The lowest BCUT2D eigenvalue weighted by Gasteiger charge is -2.29. The second-order valence-corrected chi connectivity index (χ2v) is 6.38. The van der Waals surface area contributed by atoms with Gasteiger partial charge < -0.3 is 10.1 Å². The van der Waals surface area contributed by atoms with Crippen molar-refractivity contribution < 1.29 is 4.74 Å². The Labute approximate surface area is 125 Å². The smallest absolute Gasteiger partial charge is 0.0587 e. The van der Waals surface area contributed by atoms with Crippen LogP contribution in [0, 0.1) is 8.99 Å². The maximum Gasteiger partial charge on any atom is 0.0587 e. The first-order valence-electron chi connectivity index (χ1n) is 6.54. The molecule has 2 nitrogen and oxygen atoms in total. The van der Waals surface area contributed by atoms with Crippen LogP contribution in [-0.2, 0) is 11.2 Å². The molecule has 0 amide bonds. The molecule has 3 heteroatoms. The van der Waals surface area contributed by atoms with E-state index in [-0.39, 0.29) is 0 Å². The Morgan fingerprint density at radius 2 is 1.94 bits per heavy atom. The van der Waals surface area contributed by atoms with E-state index in [1.807, 2.05) is 0 Å². The van der Waals surface area contributed by atoms with Gasteiger partial charge in [-0.05, 0) is 58.5 Å². The normalized spacial score (nSPS) is 14.4. The first kappa shape index (κ1) is 15.9. The average Bonchev–Trinajstić information content (AvgIpc) is 2.38. The van der Waals surface area contributed by atoms with Gasteiger partial charge in [0.1, 0.15) is 0 Å². The Kier molecular flexibility index (Phi) is 7.19. The number of ether oxygens (including phenoxy) is 1. The monoisotopic (exact) mass is 361 g/mol. The molecule has 0 radical (unpaired) electrons. The lowest BCUT2D eigenvalue weighted by atomic mass is 9.81. The molecule has 0 heterocycles. The summed E-state index contributed by atoms with van der Waals surface area (Å²) in [5.41, 5.74) is 1.74. The molecule has 18 heavy (non-hydrogen) atoms. The summed E-state index contributed by atoms with van der Waals surface area (Å²) < 4.78 is 6.36. The molecular weight excluding hydrogens is 337 g/mol. The van der Waals surface area contributed by atoms with Crippen LogP contribution in [0.25, 0.3) is 0 Å². The molecule has 1 aromatic rings. The van der Waals surface area contributed by atoms with Crippen molar-refractivity contribution in [3.63, 3.8) is 0 Å². The maximum atomic E-state index is 5.06. The highest BCUT2D eigenvalue weighted by Crippen LogP contribution is 2.26. The molecule has 1 atom stereocenters. The maximum absolute atomic E-state index is 5.06. The van der Waals surface area contributed by atoms with E-state index in [0.29, 0.717) is 5.41 Å². The predicted molar refractivity (Wildman–Crippen MR) is 86.0 cm³/mol. The highest BCUT2D eigenvalue weighted by molar-refractivity contribution is 14.1. The molecule has 0 saturated carbocycles. The molecule has 0 aliphatic rings. The predicted octanol–water partition coefficient (Wildman–Crippen LogP) is 3.49. The first-order valence-corrected chi connectivity index (χ1v) is 7.61. The number of methoxy groups -OCH3 is 1. The van der Waals surface area contributed by atoms with Gasteiger partial charge in [-0.2, -0.15) is 0 Å². The van der Waals surface area contributed by atoms with E-state index >= 15 is 0 Å². The van der Waals surface area contributed by atoms with Crippen molar-refractivity contribution in [2.75, 3.05) is 26.8 Å². The number of benzene rings is 1. The molecule has 0 aromatic heterocycles. The molecule has 1 N–H and O–H groups in total. The van der Waals surface area contributed by atoms with Crippen molar-refractivity contribution >= 4 is 22.6 Å². The fraction of sp³-hybridized carbons (Fsp3) is 0.600. The molecule has 1 aromatic carbocycles. The van der Waals surface area contributed by atoms with Crippen LogP contribution in [0.3, 0.4) is 0 Å². The topological polar surface area (TPSA) is 21.3 Å². The van der Waals surface area contributed by atoms with Crippen molar-refractivity contribution in [3.05, 3.63) is 33.4 Å². The van der Waals surface area contributed by atoms with E-state index in [4.69, 9.17) is 4.74 Å². The number of hydrogen-bond acceptors (Lipinski definition) is 2. The average molecular weight is 361 g/mol. The highest BCUT2D eigenvalue weighted by Gasteiger charge is 2.21. The van der Waals surface area contributed by atoms with E-state index in [1.165, 1.54) is 15.6 Å². The lowest BCUT2D eigenvalue weighted by molar-refractivity contribution is 0.191. The van der Waals surface area contributed by atoms with E-state index in [9.17, 15) is 0 Å². The van der Waals surface area contributed by atoms with E-state index in [1.54, 1.807) is 7.11 Å². The molecule has 0 aliphatic carbocycles. The molecular formula is C15H24INO. The lowest BCUT2D eigenvalue weighted by Crippen LogP contribution is -2.34. The zero-order chi connectivity index (χ0) is 13.4. The first-order chi connectivity index (χ1) is 8.59. The van der Waals surface area contributed by atoms with Gasteiger partial charge in [0, 0.05) is 23.8 Å². The third-order valence-electron chi connectivity index (χ3n) is 3.43. The molecule has 1 rings (SSSR count). The Bertz CT molecular complexity index is 339. The molecule has 0 aliphatic heterocycles. The SMILES string of the molecule is CCC(C)(CNCCOC)Cc1ccc(I)cc1. The number of halogens is 1. The van der Waals surface area contributed by atoms with Gasteiger partial charge in [-0.25, -0.2) is 0 Å². The summed E-state index contributed by atoms with van der Waals surface area (Å²) in [5.74, 6) is 0. The van der Waals surface area contributed by atoms with Crippen LogP contribution in [0.2, 0.25) is 0 Å². The van der Waals surface area contributed by atoms with Crippen LogP contribution in [0.15, 0.2) is 24.3 Å². The van der Waals surface area contributed by atoms with Gasteiger partial charge in [0.25, 0.3) is 0 Å². The molecule has 1 unspecified atom stereocenters. The minimum Gasteiger partial charge on any atom is -0.383 e. The zero-order valence-corrected chi connectivity index (χ0v) is 13.8. The Morgan fingerprint density at radius 3 is 2.50 bits per heavy atom. The fourth-order valence-electron chi connectivity index (χ4n) is 1.97. The Hall–Kier alpha value is -0.130. The quantitative estimate of drug-likeness (QED) is 0.565. The Balaban J connectivity index is 2.50. The molecule has 102 valence electrons. The highest BCUT2D eigenvalue weighted by atomic mass is 127. The zero-order valence-electron chi connectivity index (χ0n) is 11.6.